The highest BCUT2D eigenvalue weighted by atomic mass is 16.1. The van der Waals surface area contributed by atoms with E-state index >= 15 is 0 Å². The number of hydrogen-bond donors (Lipinski definition) is 0. The number of aromatic nitrogens is 4. The zero-order valence-corrected chi connectivity index (χ0v) is 12.6. The highest BCUT2D eigenvalue weighted by Crippen LogP contribution is 2.38. The van der Waals surface area contributed by atoms with Crippen molar-refractivity contribution in [1.29, 1.82) is 0 Å². The van der Waals surface area contributed by atoms with Gasteiger partial charge in [0.25, 0.3) is 5.56 Å². The molecule has 0 aromatic carbocycles. The summed E-state index contributed by atoms with van der Waals surface area (Å²) >= 11 is 0. The van der Waals surface area contributed by atoms with Crippen LogP contribution in [0.1, 0.15) is 30.1 Å². The average Bonchev–Trinajstić information content (AvgIpc) is 3.30. The summed E-state index contributed by atoms with van der Waals surface area (Å²) in [5.74, 6) is 1.93. The lowest BCUT2D eigenvalue weighted by molar-refractivity contribution is 0.330. The molecule has 4 rings (SSSR count). The second-order valence-corrected chi connectivity index (χ2v) is 6.36. The van der Waals surface area contributed by atoms with E-state index in [1.165, 1.54) is 12.8 Å². The first kappa shape index (κ1) is 13.4. The van der Waals surface area contributed by atoms with Gasteiger partial charge in [0.1, 0.15) is 0 Å². The lowest BCUT2D eigenvalue weighted by atomic mass is 10.0. The molecule has 114 valence electrons. The van der Waals surface area contributed by atoms with Crippen LogP contribution >= 0.6 is 0 Å². The van der Waals surface area contributed by atoms with Gasteiger partial charge in [0, 0.05) is 31.0 Å². The van der Waals surface area contributed by atoms with E-state index in [2.05, 4.69) is 20.2 Å². The SMILES string of the molecule is Cc1ccc(N2CC(Cn3nc(C4CC4)ccc3=O)C2)nn1. The Bertz CT molecular complexity index is 729. The summed E-state index contributed by atoms with van der Waals surface area (Å²) in [6, 6.07) is 7.51. The van der Waals surface area contributed by atoms with Gasteiger partial charge in [-0.3, -0.25) is 4.79 Å². The number of rotatable bonds is 4. The van der Waals surface area contributed by atoms with E-state index in [4.69, 9.17) is 0 Å². The summed E-state index contributed by atoms with van der Waals surface area (Å²) in [7, 11) is 0. The zero-order chi connectivity index (χ0) is 15.1. The molecular weight excluding hydrogens is 278 g/mol. The van der Waals surface area contributed by atoms with Gasteiger partial charge >= 0.3 is 0 Å². The first-order valence-electron chi connectivity index (χ1n) is 7.82. The molecule has 1 saturated heterocycles. The normalized spacial score (nSPS) is 18.3. The second kappa shape index (κ2) is 5.19. The molecule has 0 amide bonds. The molecule has 2 aliphatic rings. The Morgan fingerprint density at radius 1 is 1.14 bits per heavy atom. The van der Waals surface area contributed by atoms with Crippen molar-refractivity contribution in [3.63, 3.8) is 0 Å². The molecule has 0 radical (unpaired) electrons. The summed E-state index contributed by atoms with van der Waals surface area (Å²) in [6.45, 7) is 4.43. The van der Waals surface area contributed by atoms with Crippen molar-refractivity contribution in [3.05, 3.63) is 46.0 Å². The van der Waals surface area contributed by atoms with Crippen LogP contribution in [0.4, 0.5) is 5.82 Å². The van der Waals surface area contributed by atoms with E-state index < -0.39 is 0 Å². The first-order valence-corrected chi connectivity index (χ1v) is 7.82. The topological polar surface area (TPSA) is 63.9 Å². The van der Waals surface area contributed by atoms with E-state index in [0.717, 1.165) is 30.3 Å². The molecule has 0 N–H and O–H groups in total. The summed E-state index contributed by atoms with van der Waals surface area (Å²) in [4.78, 5) is 14.1. The van der Waals surface area contributed by atoms with E-state index in [9.17, 15) is 4.79 Å². The Kier molecular flexibility index (Phi) is 3.17. The summed E-state index contributed by atoms with van der Waals surface area (Å²) in [5, 5.41) is 12.8. The fourth-order valence-corrected chi connectivity index (χ4v) is 2.87. The minimum absolute atomic E-state index is 0.00187. The van der Waals surface area contributed by atoms with Crippen molar-refractivity contribution >= 4 is 5.82 Å². The largest absolute Gasteiger partial charge is 0.354 e. The molecule has 1 aliphatic carbocycles. The van der Waals surface area contributed by atoms with E-state index in [-0.39, 0.29) is 5.56 Å². The smallest absolute Gasteiger partial charge is 0.266 e. The minimum Gasteiger partial charge on any atom is -0.354 e. The molecule has 2 fully saturated rings. The van der Waals surface area contributed by atoms with E-state index in [1.54, 1.807) is 10.7 Å². The Labute approximate surface area is 128 Å². The molecule has 0 spiro atoms. The zero-order valence-electron chi connectivity index (χ0n) is 12.6. The summed E-state index contributed by atoms with van der Waals surface area (Å²) in [5.41, 5.74) is 1.99. The molecule has 1 aliphatic heterocycles. The fourth-order valence-electron chi connectivity index (χ4n) is 2.87. The van der Waals surface area contributed by atoms with Crippen LogP contribution in [0.15, 0.2) is 29.1 Å². The molecule has 2 aromatic rings. The van der Waals surface area contributed by atoms with Crippen LogP contribution in [0.25, 0.3) is 0 Å². The van der Waals surface area contributed by atoms with Crippen LogP contribution in [-0.4, -0.2) is 33.1 Å². The van der Waals surface area contributed by atoms with Crippen molar-refractivity contribution < 1.29 is 0 Å². The lowest BCUT2D eigenvalue weighted by Gasteiger charge is -2.39. The third kappa shape index (κ3) is 2.61. The number of hydrogen-bond acceptors (Lipinski definition) is 5. The van der Waals surface area contributed by atoms with Crippen molar-refractivity contribution in [3.8, 4) is 0 Å². The monoisotopic (exact) mass is 297 g/mol. The molecular formula is C16H19N5O. The lowest BCUT2D eigenvalue weighted by Crippen LogP contribution is -2.50. The fraction of sp³-hybridized carbons (Fsp3) is 0.500. The maximum absolute atomic E-state index is 11.9. The molecule has 2 aromatic heterocycles. The third-order valence-corrected chi connectivity index (χ3v) is 4.38. The Hall–Kier alpha value is -2.24. The standard InChI is InChI=1S/C16H19N5O/c1-11-2-6-15(18-17-11)20-8-12(9-20)10-21-16(22)7-5-14(19-21)13-3-4-13/h2,5-7,12-13H,3-4,8-10H2,1H3. The van der Waals surface area contributed by atoms with Crippen LogP contribution in [0.5, 0.6) is 0 Å². The summed E-state index contributed by atoms with van der Waals surface area (Å²) in [6.07, 6.45) is 2.41. The molecule has 0 bridgehead atoms. The van der Waals surface area contributed by atoms with Crippen molar-refractivity contribution in [2.75, 3.05) is 18.0 Å². The number of anilines is 1. The van der Waals surface area contributed by atoms with Crippen LogP contribution in [0.2, 0.25) is 0 Å². The van der Waals surface area contributed by atoms with Crippen LogP contribution < -0.4 is 10.5 Å². The predicted molar refractivity (Wildman–Crippen MR) is 82.9 cm³/mol. The Morgan fingerprint density at radius 3 is 2.64 bits per heavy atom. The van der Waals surface area contributed by atoms with Gasteiger partial charge in [-0.1, -0.05) is 0 Å². The highest BCUT2D eigenvalue weighted by Gasteiger charge is 2.30. The maximum atomic E-state index is 11.9. The number of aryl methyl sites for hydroxylation is 1. The van der Waals surface area contributed by atoms with Gasteiger partial charge in [-0.2, -0.15) is 10.2 Å². The van der Waals surface area contributed by atoms with E-state index in [1.807, 2.05) is 25.1 Å². The maximum Gasteiger partial charge on any atom is 0.266 e. The molecule has 1 saturated carbocycles. The molecule has 0 unspecified atom stereocenters. The first-order chi connectivity index (χ1) is 10.7. The molecule has 3 heterocycles. The van der Waals surface area contributed by atoms with Gasteiger partial charge < -0.3 is 4.90 Å². The minimum atomic E-state index is -0.00187. The van der Waals surface area contributed by atoms with Crippen molar-refractivity contribution in [2.24, 2.45) is 5.92 Å². The molecule has 6 nitrogen and oxygen atoms in total. The molecule has 0 atom stereocenters. The van der Waals surface area contributed by atoms with Gasteiger partial charge in [0.2, 0.25) is 0 Å². The summed E-state index contributed by atoms with van der Waals surface area (Å²) < 4.78 is 1.64. The van der Waals surface area contributed by atoms with Crippen LogP contribution in [0.3, 0.4) is 0 Å². The van der Waals surface area contributed by atoms with Crippen LogP contribution in [-0.2, 0) is 6.54 Å². The molecule has 22 heavy (non-hydrogen) atoms. The van der Waals surface area contributed by atoms with Crippen molar-refractivity contribution in [1.82, 2.24) is 20.0 Å². The average molecular weight is 297 g/mol. The van der Waals surface area contributed by atoms with E-state index in [0.29, 0.717) is 18.4 Å². The molecule has 6 heteroatoms. The van der Waals surface area contributed by atoms with Gasteiger partial charge in [0.05, 0.1) is 17.9 Å². The third-order valence-electron chi connectivity index (χ3n) is 4.38. The number of nitrogens with zero attached hydrogens (tertiary/aromatic N) is 5. The Morgan fingerprint density at radius 2 is 1.95 bits per heavy atom. The van der Waals surface area contributed by atoms with Gasteiger partial charge in [-0.15, -0.1) is 5.10 Å². The Balaban J connectivity index is 1.40. The second-order valence-electron chi connectivity index (χ2n) is 6.36. The van der Waals surface area contributed by atoms with Gasteiger partial charge in [0.15, 0.2) is 5.82 Å². The van der Waals surface area contributed by atoms with Crippen molar-refractivity contribution in [2.45, 2.75) is 32.2 Å². The van der Waals surface area contributed by atoms with Gasteiger partial charge in [-0.25, -0.2) is 4.68 Å². The predicted octanol–water partition coefficient (Wildman–Crippen LogP) is 1.36. The quantitative estimate of drug-likeness (QED) is 0.852. The highest BCUT2D eigenvalue weighted by molar-refractivity contribution is 5.40. The van der Waals surface area contributed by atoms with Gasteiger partial charge in [-0.05, 0) is 38.0 Å². The van der Waals surface area contributed by atoms with Crippen LogP contribution in [0, 0.1) is 12.8 Å².